The van der Waals surface area contributed by atoms with Crippen LogP contribution in [0.4, 0.5) is 11.4 Å². The standard InChI is InChI=1S/C27H29N3O5/c1-18(31)28-21-12-14-22(15-13-21)30(27(33)24-11-6-16-35-24)25(19-7-5-10-23(17-19)34-2)26(32)29-20-8-3-4-9-20/h5-7,10-17,20,25H,3-4,8-9H2,1-2H3,(H,28,31)(H,29,32)/t25-/m0/s1. The molecule has 0 saturated heterocycles. The zero-order valence-corrected chi connectivity index (χ0v) is 19.8. The summed E-state index contributed by atoms with van der Waals surface area (Å²) in [7, 11) is 1.55. The molecular weight excluding hydrogens is 446 g/mol. The van der Waals surface area contributed by atoms with Crippen molar-refractivity contribution in [3.8, 4) is 5.75 Å². The number of nitrogens with one attached hydrogen (secondary N) is 2. The predicted molar refractivity (Wildman–Crippen MR) is 132 cm³/mol. The molecule has 0 bridgehead atoms. The smallest absolute Gasteiger partial charge is 0.294 e. The summed E-state index contributed by atoms with van der Waals surface area (Å²) in [6.07, 6.45) is 5.37. The average Bonchev–Trinajstić information content (AvgIpc) is 3.57. The van der Waals surface area contributed by atoms with Gasteiger partial charge in [-0.05, 0) is 66.9 Å². The zero-order chi connectivity index (χ0) is 24.8. The van der Waals surface area contributed by atoms with E-state index < -0.39 is 11.9 Å². The van der Waals surface area contributed by atoms with Crippen molar-refractivity contribution in [1.29, 1.82) is 0 Å². The second-order valence-corrected chi connectivity index (χ2v) is 8.55. The fourth-order valence-electron chi connectivity index (χ4n) is 4.39. The van der Waals surface area contributed by atoms with E-state index in [1.54, 1.807) is 67.8 Å². The lowest BCUT2D eigenvalue weighted by Crippen LogP contribution is -2.46. The van der Waals surface area contributed by atoms with Gasteiger partial charge in [0.15, 0.2) is 5.76 Å². The number of carbonyl (C=O) groups is 3. The van der Waals surface area contributed by atoms with Gasteiger partial charge >= 0.3 is 0 Å². The normalized spacial score (nSPS) is 14.2. The van der Waals surface area contributed by atoms with Crippen molar-refractivity contribution in [2.45, 2.75) is 44.7 Å². The molecule has 4 rings (SSSR count). The maximum atomic E-state index is 13.8. The summed E-state index contributed by atoms with van der Waals surface area (Å²) in [5.41, 5.74) is 1.67. The number of furan rings is 1. The van der Waals surface area contributed by atoms with Gasteiger partial charge in [-0.15, -0.1) is 0 Å². The van der Waals surface area contributed by atoms with Crippen molar-refractivity contribution in [3.63, 3.8) is 0 Å². The summed E-state index contributed by atoms with van der Waals surface area (Å²) in [5, 5.41) is 5.86. The van der Waals surface area contributed by atoms with E-state index in [1.165, 1.54) is 18.1 Å². The number of benzene rings is 2. The SMILES string of the molecule is COc1cccc([C@@H](C(=O)NC2CCCC2)N(C(=O)c2ccco2)c2ccc(NC(C)=O)cc2)c1. The Hall–Kier alpha value is -4.07. The minimum Gasteiger partial charge on any atom is -0.497 e. The van der Waals surface area contributed by atoms with Crippen LogP contribution >= 0.6 is 0 Å². The number of hydrogen-bond donors (Lipinski definition) is 2. The van der Waals surface area contributed by atoms with Gasteiger partial charge in [0.1, 0.15) is 11.8 Å². The average molecular weight is 476 g/mol. The van der Waals surface area contributed by atoms with Crippen LogP contribution in [0.15, 0.2) is 71.3 Å². The highest BCUT2D eigenvalue weighted by Crippen LogP contribution is 2.33. The number of rotatable bonds is 8. The number of nitrogens with zero attached hydrogens (tertiary/aromatic N) is 1. The van der Waals surface area contributed by atoms with E-state index in [2.05, 4.69) is 10.6 Å². The molecule has 1 aromatic heterocycles. The van der Waals surface area contributed by atoms with Crippen LogP contribution in [-0.2, 0) is 9.59 Å². The summed E-state index contributed by atoms with van der Waals surface area (Å²) < 4.78 is 10.8. The molecule has 8 heteroatoms. The Kier molecular flexibility index (Phi) is 7.50. The molecule has 0 radical (unpaired) electrons. The van der Waals surface area contributed by atoms with Crippen LogP contribution in [-0.4, -0.2) is 30.9 Å². The molecule has 2 aromatic carbocycles. The van der Waals surface area contributed by atoms with Gasteiger partial charge in [-0.2, -0.15) is 0 Å². The molecule has 1 heterocycles. The maximum absolute atomic E-state index is 13.8. The number of methoxy groups -OCH3 is 1. The quantitative estimate of drug-likeness (QED) is 0.492. The lowest BCUT2D eigenvalue weighted by atomic mass is 10.0. The minimum absolute atomic E-state index is 0.0679. The summed E-state index contributed by atoms with van der Waals surface area (Å²) in [6.45, 7) is 1.42. The topological polar surface area (TPSA) is 101 Å². The first kappa shape index (κ1) is 24.1. The van der Waals surface area contributed by atoms with Crippen molar-refractivity contribution in [3.05, 3.63) is 78.3 Å². The van der Waals surface area contributed by atoms with Crippen LogP contribution in [0.25, 0.3) is 0 Å². The number of amides is 3. The molecule has 1 saturated carbocycles. The van der Waals surface area contributed by atoms with Gasteiger partial charge in [0.2, 0.25) is 11.8 Å². The number of ether oxygens (including phenoxy) is 1. The Morgan fingerprint density at radius 1 is 1.03 bits per heavy atom. The van der Waals surface area contributed by atoms with Crippen molar-refractivity contribution in [1.82, 2.24) is 5.32 Å². The highest BCUT2D eigenvalue weighted by Gasteiger charge is 2.36. The minimum atomic E-state index is -0.977. The van der Waals surface area contributed by atoms with Gasteiger partial charge in [-0.25, -0.2) is 0 Å². The molecule has 182 valence electrons. The molecule has 1 fully saturated rings. The van der Waals surface area contributed by atoms with Crippen molar-refractivity contribution < 1.29 is 23.5 Å². The Balaban J connectivity index is 1.80. The van der Waals surface area contributed by atoms with Crippen LogP contribution in [0.5, 0.6) is 5.75 Å². The number of hydrogen-bond acceptors (Lipinski definition) is 5. The molecule has 1 atom stereocenters. The highest BCUT2D eigenvalue weighted by atomic mass is 16.5. The first-order valence-corrected chi connectivity index (χ1v) is 11.7. The van der Waals surface area contributed by atoms with Crippen LogP contribution in [0.1, 0.15) is 54.8 Å². The Morgan fingerprint density at radius 3 is 2.40 bits per heavy atom. The molecule has 35 heavy (non-hydrogen) atoms. The molecule has 3 aromatic rings. The molecule has 3 amide bonds. The van der Waals surface area contributed by atoms with E-state index in [-0.39, 0.29) is 23.6 Å². The van der Waals surface area contributed by atoms with Crippen LogP contribution in [0.2, 0.25) is 0 Å². The monoisotopic (exact) mass is 475 g/mol. The largest absolute Gasteiger partial charge is 0.497 e. The second kappa shape index (κ2) is 10.9. The molecule has 0 spiro atoms. The molecule has 8 nitrogen and oxygen atoms in total. The van der Waals surface area contributed by atoms with E-state index in [0.717, 1.165) is 25.7 Å². The molecule has 2 N–H and O–H groups in total. The van der Waals surface area contributed by atoms with Gasteiger partial charge in [-0.1, -0.05) is 25.0 Å². The van der Waals surface area contributed by atoms with Gasteiger partial charge in [-0.3, -0.25) is 19.3 Å². The molecule has 1 aliphatic carbocycles. The second-order valence-electron chi connectivity index (χ2n) is 8.55. The predicted octanol–water partition coefficient (Wildman–Crippen LogP) is 4.69. The van der Waals surface area contributed by atoms with Gasteiger partial charge in [0.05, 0.1) is 13.4 Å². The third kappa shape index (κ3) is 5.71. The maximum Gasteiger partial charge on any atom is 0.294 e. The Morgan fingerprint density at radius 2 is 1.77 bits per heavy atom. The third-order valence-electron chi connectivity index (χ3n) is 6.03. The number of anilines is 2. The summed E-state index contributed by atoms with van der Waals surface area (Å²) in [4.78, 5) is 40.4. The van der Waals surface area contributed by atoms with Crippen LogP contribution in [0, 0.1) is 0 Å². The zero-order valence-electron chi connectivity index (χ0n) is 19.8. The van der Waals surface area contributed by atoms with E-state index >= 15 is 0 Å². The van der Waals surface area contributed by atoms with Gasteiger partial charge in [0.25, 0.3) is 5.91 Å². The molecule has 0 aliphatic heterocycles. The Labute approximate surface area is 204 Å². The van der Waals surface area contributed by atoms with Crippen LogP contribution < -0.4 is 20.3 Å². The fourth-order valence-corrected chi connectivity index (χ4v) is 4.39. The summed E-state index contributed by atoms with van der Waals surface area (Å²) in [6, 6.07) is 16.2. The third-order valence-corrected chi connectivity index (χ3v) is 6.03. The number of carbonyl (C=O) groups excluding carboxylic acids is 3. The van der Waals surface area contributed by atoms with Crippen molar-refractivity contribution in [2.75, 3.05) is 17.3 Å². The Bertz CT molecular complexity index is 1170. The summed E-state index contributed by atoms with van der Waals surface area (Å²) in [5.74, 6) is -0.260. The summed E-state index contributed by atoms with van der Waals surface area (Å²) >= 11 is 0. The molecule has 1 aliphatic rings. The van der Waals surface area contributed by atoms with Crippen molar-refractivity contribution >= 4 is 29.1 Å². The lowest BCUT2D eigenvalue weighted by Gasteiger charge is -2.32. The van der Waals surface area contributed by atoms with E-state index in [1.807, 2.05) is 0 Å². The lowest BCUT2D eigenvalue weighted by molar-refractivity contribution is -0.123. The van der Waals surface area contributed by atoms with Gasteiger partial charge < -0.3 is 19.8 Å². The first-order valence-electron chi connectivity index (χ1n) is 11.7. The van der Waals surface area contributed by atoms with E-state index in [0.29, 0.717) is 22.7 Å². The fraction of sp³-hybridized carbons (Fsp3) is 0.296. The van der Waals surface area contributed by atoms with Crippen LogP contribution in [0.3, 0.4) is 0 Å². The van der Waals surface area contributed by atoms with E-state index in [4.69, 9.17) is 9.15 Å². The van der Waals surface area contributed by atoms with Crippen molar-refractivity contribution in [2.24, 2.45) is 0 Å². The first-order chi connectivity index (χ1) is 17.0. The van der Waals surface area contributed by atoms with E-state index in [9.17, 15) is 14.4 Å². The molecule has 0 unspecified atom stereocenters. The molecular formula is C27H29N3O5. The highest BCUT2D eigenvalue weighted by molar-refractivity contribution is 6.08. The van der Waals surface area contributed by atoms with Gasteiger partial charge in [0, 0.05) is 24.3 Å².